The van der Waals surface area contributed by atoms with Gasteiger partial charge in [-0.3, -0.25) is 4.98 Å². The van der Waals surface area contributed by atoms with Gasteiger partial charge in [0.2, 0.25) is 11.8 Å². The van der Waals surface area contributed by atoms with E-state index in [0.29, 0.717) is 17.3 Å². The Kier molecular flexibility index (Phi) is 3.77. The van der Waals surface area contributed by atoms with E-state index in [1.54, 1.807) is 14.2 Å². The molecule has 3 rings (SSSR count). The van der Waals surface area contributed by atoms with Gasteiger partial charge in [0.15, 0.2) is 0 Å². The number of rotatable bonds is 4. The van der Waals surface area contributed by atoms with Crippen LogP contribution in [0.3, 0.4) is 0 Å². The van der Waals surface area contributed by atoms with Gasteiger partial charge >= 0.3 is 6.01 Å². The van der Waals surface area contributed by atoms with Gasteiger partial charge in [0.25, 0.3) is 0 Å². The number of nitrogens with zero attached hydrogens (tertiary/aromatic N) is 4. The van der Waals surface area contributed by atoms with Gasteiger partial charge in [-0.25, -0.2) is 0 Å². The Balaban J connectivity index is 2.31. The van der Waals surface area contributed by atoms with Gasteiger partial charge in [-0.05, 0) is 19.1 Å². The number of aromatic nitrogens is 4. The third-order valence-corrected chi connectivity index (χ3v) is 3.71. The number of hydrogen-bond acceptors (Lipinski definition) is 6. The minimum atomic E-state index is 0.193. The lowest BCUT2D eigenvalue weighted by Crippen LogP contribution is -2.03. The zero-order valence-corrected chi connectivity index (χ0v) is 13.7. The monoisotopic (exact) mass is 314 g/mol. The number of methoxy groups -OCH3 is 3. The molecule has 120 valence electrons. The van der Waals surface area contributed by atoms with Gasteiger partial charge in [0, 0.05) is 18.1 Å². The van der Waals surface area contributed by atoms with Crippen molar-refractivity contribution >= 4 is 10.9 Å². The summed E-state index contributed by atoms with van der Waals surface area (Å²) in [7, 11) is 6.56. The molecule has 7 heteroatoms. The van der Waals surface area contributed by atoms with E-state index in [-0.39, 0.29) is 6.01 Å². The molecule has 7 nitrogen and oxygen atoms in total. The van der Waals surface area contributed by atoms with Gasteiger partial charge in [-0.1, -0.05) is 0 Å². The molecule has 0 unspecified atom stereocenters. The molecule has 0 atom stereocenters. The largest absolute Gasteiger partial charge is 0.480 e. The molecule has 0 fully saturated rings. The Labute approximate surface area is 133 Å². The fourth-order valence-electron chi connectivity index (χ4n) is 2.59. The molecule has 3 aromatic heterocycles. The van der Waals surface area contributed by atoms with E-state index in [1.165, 1.54) is 7.11 Å². The summed E-state index contributed by atoms with van der Waals surface area (Å²) in [6, 6.07) is 4.27. The Morgan fingerprint density at radius 2 is 1.61 bits per heavy atom. The Morgan fingerprint density at radius 3 is 2.17 bits per heavy atom. The van der Waals surface area contributed by atoms with E-state index in [4.69, 9.17) is 14.2 Å². The van der Waals surface area contributed by atoms with Crippen molar-refractivity contribution in [3.63, 3.8) is 0 Å². The quantitative estimate of drug-likeness (QED) is 0.736. The van der Waals surface area contributed by atoms with Crippen LogP contribution in [0.4, 0.5) is 0 Å². The van der Waals surface area contributed by atoms with Crippen molar-refractivity contribution in [3.8, 4) is 29.0 Å². The first-order chi connectivity index (χ1) is 11.1. The molecule has 23 heavy (non-hydrogen) atoms. The highest BCUT2D eigenvalue weighted by atomic mass is 16.5. The summed E-state index contributed by atoms with van der Waals surface area (Å²) in [5.74, 6) is 0.786. The van der Waals surface area contributed by atoms with Crippen molar-refractivity contribution in [3.05, 3.63) is 24.0 Å². The van der Waals surface area contributed by atoms with Crippen LogP contribution in [-0.2, 0) is 7.05 Å². The molecule has 0 amide bonds. The highest BCUT2D eigenvalue weighted by Gasteiger charge is 2.22. The first kappa shape index (κ1) is 15.1. The summed E-state index contributed by atoms with van der Waals surface area (Å²) in [4.78, 5) is 12.9. The van der Waals surface area contributed by atoms with Gasteiger partial charge in [-0.15, -0.1) is 0 Å². The lowest BCUT2D eigenvalue weighted by atomic mass is 10.2. The number of aryl methyl sites for hydroxylation is 2. The topological polar surface area (TPSA) is 71.3 Å². The smallest absolute Gasteiger partial charge is 0.322 e. The van der Waals surface area contributed by atoms with E-state index in [1.807, 2.05) is 36.9 Å². The molecule has 0 aliphatic heterocycles. The molecule has 0 radical (unpaired) electrons. The van der Waals surface area contributed by atoms with Gasteiger partial charge in [-0.2, -0.15) is 9.97 Å². The average Bonchev–Trinajstić information content (AvgIpc) is 2.89. The minimum Gasteiger partial charge on any atom is -0.480 e. The van der Waals surface area contributed by atoms with Gasteiger partial charge in [0.05, 0.1) is 38.7 Å². The molecular weight excluding hydrogens is 296 g/mol. The van der Waals surface area contributed by atoms with E-state index in [0.717, 1.165) is 22.3 Å². The number of pyridine rings is 1. The predicted molar refractivity (Wildman–Crippen MR) is 86.1 cm³/mol. The number of fused-ring (bicyclic) bond motifs is 1. The summed E-state index contributed by atoms with van der Waals surface area (Å²) >= 11 is 0. The highest BCUT2D eigenvalue weighted by Crippen LogP contribution is 2.39. The zero-order valence-electron chi connectivity index (χ0n) is 13.7. The highest BCUT2D eigenvalue weighted by molar-refractivity contribution is 5.88. The Morgan fingerprint density at radius 1 is 0.957 bits per heavy atom. The van der Waals surface area contributed by atoms with Crippen LogP contribution in [0.15, 0.2) is 18.3 Å². The third-order valence-electron chi connectivity index (χ3n) is 3.71. The lowest BCUT2D eigenvalue weighted by Gasteiger charge is -2.13. The second kappa shape index (κ2) is 5.75. The first-order valence-electron chi connectivity index (χ1n) is 7.05. The molecule has 0 saturated carbocycles. The van der Waals surface area contributed by atoms with Crippen molar-refractivity contribution in [2.75, 3.05) is 21.3 Å². The first-order valence-corrected chi connectivity index (χ1v) is 7.05. The molecule has 0 bridgehead atoms. The lowest BCUT2D eigenvalue weighted by molar-refractivity contribution is 0.331. The van der Waals surface area contributed by atoms with Crippen molar-refractivity contribution in [2.24, 2.45) is 7.05 Å². The molecule has 0 saturated heterocycles. The molecule has 0 aromatic carbocycles. The van der Waals surface area contributed by atoms with Crippen LogP contribution in [0.2, 0.25) is 0 Å². The second-order valence-corrected chi connectivity index (χ2v) is 5.08. The van der Waals surface area contributed by atoms with Crippen LogP contribution in [0, 0.1) is 6.92 Å². The number of ether oxygens (including phenoxy) is 3. The maximum Gasteiger partial charge on any atom is 0.322 e. The number of hydrogen-bond donors (Lipinski definition) is 0. The molecule has 3 aromatic rings. The van der Waals surface area contributed by atoms with Gasteiger partial charge < -0.3 is 18.8 Å². The van der Waals surface area contributed by atoms with E-state index in [2.05, 4.69) is 15.0 Å². The summed E-state index contributed by atoms with van der Waals surface area (Å²) < 4.78 is 17.9. The van der Waals surface area contributed by atoms with E-state index < -0.39 is 0 Å². The molecular formula is C16H18N4O3. The molecule has 0 N–H and O–H groups in total. The fourth-order valence-corrected chi connectivity index (χ4v) is 2.59. The average molecular weight is 314 g/mol. The van der Waals surface area contributed by atoms with Crippen LogP contribution in [0.1, 0.15) is 5.69 Å². The summed E-state index contributed by atoms with van der Waals surface area (Å²) in [5, 5.41) is 1.08. The predicted octanol–water partition coefficient (Wildman–Crippen LogP) is 2.36. The van der Waals surface area contributed by atoms with Crippen LogP contribution in [-0.4, -0.2) is 40.8 Å². The minimum absolute atomic E-state index is 0.193. The van der Waals surface area contributed by atoms with E-state index >= 15 is 0 Å². The molecule has 0 aliphatic carbocycles. The standard InChI is InChI=1S/C16H18N4O3/c1-9-6-10-7-11(20(2)12(10)8-17-9)13-14(21-3)18-16(23-5)19-15(13)22-4/h6-8H,1-5H3. The normalized spacial score (nSPS) is 10.8. The summed E-state index contributed by atoms with van der Waals surface area (Å²) in [6.07, 6.45) is 1.84. The maximum absolute atomic E-state index is 5.42. The molecule has 0 spiro atoms. The van der Waals surface area contributed by atoms with E-state index in [9.17, 15) is 0 Å². The third kappa shape index (κ3) is 2.44. The van der Waals surface area contributed by atoms with Gasteiger partial charge in [0.1, 0.15) is 5.56 Å². The Hall–Kier alpha value is -2.83. The fraction of sp³-hybridized carbons (Fsp3) is 0.312. The van der Waals surface area contributed by atoms with Crippen molar-refractivity contribution < 1.29 is 14.2 Å². The Bertz CT molecular complexity index is 848. The maximum atomic E-state index is 5.42. The van der Waals surface area contributed by atoms with Crippen LogP contribution >= 0.6 is 0 Å². The molecule has 0 aliphatic rings. The summed E-state index contributed by atoms with van der Waals surface area (Å²) in [6.45, 7) is 1.96. The van der Waals surface area contributed by atoms with Crippen LogP contribution in [0.25, 0.3) is 22.2 Å². The summed E-state index contributed by atoms with van der Waals surface area (Å²) in [5.41, 5.74) is 3.51. The van der Waals surface area contributed by atoms with Crippen molar-refractivity contribution in [1.29, 1.82) is 0 Å². The van der Waals surface area contributed by atoms with Crippen LogP contribution in [0.5, 0.6) is 17.8 Å². The zero-order chi connectivity index (χ0) is 16.6. The van der Waals surface area contributed by atoms with Crippen molar-refractivity contribution in [1.82, 2.24) is 19.5 Å². The van der Waals surface area contributed by atoms with Crippen molar-refractivity contribution in [2.45, 2.75) is 6.92 Å². The SMILES string of the molecule is COc1nc(OC)c(-c2cc3cc(C)ncc3n2C)c(OC)n1. The second-order valence-electron chi connectivity index (χ2n) is 5.08. The van der Waals surface area contributed by atoms with Crippen LogP contribution < -0.4 is 14.2 Å². The molecule has 3 heterocycles.